The molecule has 0 radical (unpaired) electrons. The number of nitrogens with zero attached hydrogens (tertiary/aromatic N) is 1. The monoisotopic (exact) mass is 272 g/mol. The van der Waals surface area contributed by atoms with E-state index in [1.54, 1.807) is 4.90 Å². The van der Waals surface area contributed by atoms with Crippen LogP contribution >= 0.6 is 0 Å². The van der Waals surface area contributed by atoms with Crippen LogP contribution in [0, 0.1) is 24.7 Å². The van der Waals surface area contributed by atoms with Gasteiger partial charge < -0.3 is 10.6 Å². The number of benzene rings is 1. The molecule has 1 atom stereocenters. The lowest BCUT2D eigenvalue weighted by atomic mass is 10.0. The van der Waals surface area contributed by atoms with Crippen LogP contribution in [0.2, 0.25) is 0 Å². The van der Waals surface area contributed by atoms with Crippen molar-refractivity contribution in [3.8, 4) is 11.8 Å². The maximum atomic E-state index is 12.6. The van der Waals surface area contributed by atoms with Gasteiger partial charge >= 0.3 is 0 Å². The van der Waals surface area contributed by atoms with Gasteiger partial charge in [0, 0.05) is 24.2 Å². The van der Waals surface area contributed by atoms with E-state index in [2.05, 4.69) is 32.6 Å². The van der Waals surface area contributed by atoms with Crippen molar-refractivity contribution in [3.05, 3.63) is 34.9 Å². The zero-order valence-electron chi connectivity index (χ0n) is 13.0. The highest BCUT2D eigenvalue weighted by atomic mass is 16.2. The summed E-state index contributed by atoms with van der Waals surface area (Å²) in [6, 6.07) is 5.90. The number of amides is 1. The summed E-state index contributed by atoms with van der Waals surface area (Å²) < 4.78 is 0. The minimum absolute atomic E-state index is 0.0418. The Morgan fingerprint density at radius 2 is 2.00 bits per heavy atom. The van der Waals surface area contributed by atoms with Crippen molar-refractivity contribution in [2.75, 3.05) is 13.6 Å². The normalized spacial score (nSPS) is 11.8. The Hall–Kier alpha value is -1.79. The number of aryl methyl sites for hydroxylation is 1. The van der Waals surface area contributed by atoms with Gasteiger partial charge in [0.1, 0.15) is 0 Å². The summed E-state index contributed by atoms with van der Waals surface area (Å²) in [5, 5.41) is 0. The molecule has 3 nitrogen and oxygen atoms in total. The quantitative estimate of drug-likeness (QED) is 0.859. The van der Waals surface area contributed by atoms with Crippen LogP contribution in [-0.4, -0.2) is 30.4 Å². The third-order valence-corrected chi connectivity index (χ3v) is 3.70. The fourth-order valence-corrected chi connectivity index (χ4v) is 1.91. The highest BCUT2D eigenvalue weighted by Crippen LogP contribution is 2.16. The molecule has 1 amide bonds. The molecule has 20 heavy (non-hydrogen) atoms. The van der Waals surface area contributed by atoms with Crippen LogP contribution in [0.15, 0.2) is 18.2 Å². The fraction of sp³-hybridized carbons (Fsp3) is 0.471. The van der Waals surface area contributed by atoms with E-state index in [4.69, 9.17) is 5.73 Å². The number of rotatable bonds is 3. The van der Waals surface area contributed by atoms with Crippen LogP contribution in [-0.2, 0) is 0 Å². The van der Waals surface area contributed by atoms with E-state index in [1.165, 1.54) is 0 Å². The molecule has 1 rings (SSSR count). The standard InChI is InChI=1S/C17H24N2O/c1-12(2)14(4)19(5)17(20)16-11-15(7-6-10-18)9-8-13(16)3/h8-9,11-12,14H,10,18H2,1-5H3. The molecule has 1 aromatic carbocycles. The van der Waals surface area contributed by atoms with Crippen molar-refractivity contribution in [1.82, 2.24) is 4.90 Å². The predicted octanol–water partition coefficient (Wildman–Crippen LogP) is 2.42. The lowest BCUT2D eigenvalue weighted by molar-refractivity contribution is 0.0706. The molecule has 0 saturated heterocycles. The Kier molecular flexibility index (Phi) is 5.79. The second-order valence-corrected chi connectivity index (χ2v) is 5.44. The Morgan fingerprint density at radius 3 is 2.55 bits per heavy atom. The van der Waals surface area contributed by atoms with E-state index in [0.717, 1.165) is 11.1 Å². The van der Waals surface area contributed by atoms with Crippen molar-refractivity contribution in [2.24, 2.45) is 11.7 Å². The Morgan fingerprint density at radius 1 is 1.35 bits per heavy atom. The van der Waals surface area contributed by atoms with E-state index in [0.29, 0.717) is 18.0 Å². The largest absolute Gasteiger partial charge is 0.339 e. The molecule has 0 aromatic heterocycles. The van der Waals surface area contributed by atoms with Gasteiger partial charge in [-0.25, -0.2) is 0 Å². The maximum Gasteiger partial charge on any atom is 0.254 e. The summed E-state index contributed by atoms with van der Waals surface area (Å²) in [6.45, 7) is 8.56. The summed E-state index contributed by atoms with van der Waals surface area (Å²) in [5.74, 6) is 6.25. The molecule has 0 heterocycles. The average molecular weight is 272 g/mol. The molecule has 1 aromatic rings. The van der Waals surface area contributed by atoms with E-state index >= 15 is 0 Å². The average Bonchev–Trinajstić information content (AvgIpc) is 2.43. The van der Waals surface area contributed by atoms with E-state index < -0.39 is 0 Å². The molecular weight excluding hydrogens is 248 g/mol. The molecule has 108 valence electrons. The first kappa shape index (κ1) is 16.3. The van der Waals surface area contributed by atoms with Gasteiger partial charge in [0.05, 0.1) is 6.54 Å². The lowest BCUT2D eigenvalue weighted by Gasteiger charge is -2.28. The first-order chi connectivity index (χ1) is 9.38. The predicted molar refractivity (Wildman–Crippen MR) is 83.5 cm³/mol. The first-order valence-electron chi connectivity index (χ1n) is 6.95. The van der Waals surface area contributed by atoms with Gasteiger partial charge in [0.15, 0.2) is 0 Å². The summed E-state index contributed by atoms with van der Waals surface area (Å²) in [6.07, 6.45) is 0. The van der Waals surface area contributed by atoms with Gasteiger partial charge in [-0.05, 0) is 37.5 Å². The zero-order chi connectivity index (χ0) is 15.3. The van der Waals surface area contributed by atoms with Crippen molar-refractivity contribution >= 4 is 5.91 Å². The van der Waals surface area contributed by atoms with Crippen LogP contribution < -0.4 is 5.73 Å². The number of hydrogen-bond donors (Lipinski definition) is 1. The SMILES string of the molecule is Cc1ccc(C#CCN)cc1C(=O)N(C)C(C)C(C)C. The Balaban J connectivity index is 3.09. The summed E-state index contributed by atoms with van der Waals surface area (Å²) in [7, 11) is 1.85. The third-order valence-electron chi connectivity index (χ3n) is 3.70. The second-order valence-electron chi connectivity index (χ2n) is 5.44. The second kappa shape index (κ2) is 7.12. The summed E-state index contributed by atoms with van der Waals surface area (Å²) >= 11 is 0. The van der Waals surface area contributed by atoms with Crippen molar-refractivity contribution in [3.63, 3.8) is 0 Å². The van der Waals surface area contributed by atoms with Crippen LogP contribution in [0.25, 0.3) is 0 Å². The van der Waals surface area contributed by atoms with E-state index in [-0.39, 0.29) is 11.9 Å². The minimum atomic E-state index is 0.0418. The number of nitrogens with two attached hydrogens (primary N) is 1. The molecule has 0 aliphatic carbocycles. The smallest absolute Gasteiger partial charge is 0.254 e. The highest BCUT2D eigenvalue weighted by molar-refractivity contribution is 5.96. The van der Waals surface area contributed by atoms with E-state index in [1.807, 2.05) is 32.2 Å². The van der Waals surface area contributed by atoms with Gasteiger partial charge in [-0.2, -0.15) is 0 Å². The maximum absolute atomic E-state index is 12.6. The van der Waals surface area contributed by atoms with Gasteiger partial charge in [0.2, 0.25) is 0 Å². The number of carbonyl (C=O) groups excluding carboxylic acids is 1. The molecular formula is C17H24N2O. The topological polar surface area (TPSA) is 46.3 Å². The lowest BCUT2D eigenvalue weighted by Crippen LogP contribution is -2.38. The highest BCUT2D eigenvalue weighted by Gasteiger charge is 2.21. The summed E-state index contributed by atoms with van der Waals surface area (Å²) in [4.78, 5) is 14.4. The summed E-state index contributed by atoms with van der Waals surface area (Å²) in [5.41, 5.74) is 7.89. The van der Waals surface area contributed by atoms with Crippen molar-refractivity contribution < 1.29 is 4.79 Å². The Bertz CT molecular complexity index is 538. The molecule has 0 saturated carbocycles. The molecule has 0 bridgehead atoms. The van der Waals surface area contributed by atoms with Crippen LogP contribution in [0.4, 0.5) is 0 Å². The number of hydrogen-bond acceptors (Lipinski definition) is 2. The molecule has 0 aliphatic heterocycles. The van der Waals surface area contributed by atoms with Crippen LogP contribution in [0.1, 0.15) is 42.3 Å². The number of carbonyl (C=O) groups is 1. The van der Waals surface area contributed by atoms with Crippen molar-refractivity contribution in [2.45, 2.75) is 33.7 Å². The molecule has 0 fully saturated rings. The molecule has 0 spiro atoms. The van der Waals surface area contributed by atoms with Crippen LogP contribution in [0.3, 0.4) is 0 Å². The first-order valence-corrected chi connectivity index (χ1v) is 6.95. The van der Waals surface area contributed by atoms with Gasteiger partial charge in [-0.3, -0.25) is 4.79 Å². The van der Waals surface area contributed by atoms with Crippen LogP contribution in [0.5, 0.6) is 0 Å². The molecule has 0 aliphatic rings. The minimum Gasteiger partial charge on any atom is -0.339 e. The fourth-order valence-electron chi connectivity index (χ4n) is 1.91. The third kappa shape index (κ3) is 3.85. The van der Waals surface area contributed by atoms with E-state index in [9.17, 15) is 4.79 Å². The molecule has 1 unspecified atom stereocenters. The van der Waals surface area contributed by atoms with Gasteiger partial charge in [-0.15, -0.1) is 0 Å². The zero-order valence-corrected chi connectivity index (χ0v) is 13.0. The molecule has 2 N–H and O–H groups in total. The Labute approximate surface area is 122 Å². The molecule has 3 heteroatoms. The van der Waals surface area contributed by atoms with Crippen molar-refractivity contribution in [1.29, 1.82) is 0 Å². The van der Waals surface area contributed by atoms with Gasteiger partial charge in [0.25, 0.3) is 5.91 Å². The van der Waals surface area contributed by atoms with Gasteiger partial charge in [-0.1, -0.05) is 31.8 Å².